The molecule has 1 unspecified atom stereocenters. The van der Waals surface area contributed by atoms with Gasteiger partial charge in [0.25, 0.3) is 0 Å². The van der Waals surface area contributed by atoms with E-state index < -0.39 is 0 Å². The molecule has 3 heteroatoms. The van der Waals surface area contributed by atoms with Crippen LogP contribution in [0.25, 0.3) is 0 Å². The average molecular weight is 240 g/mol. The molecular formula is C10H10BrNO. The minimum atomic E-state index is -0.0954. The first-order chi connectivity index (χ1) is 6.19. The Morgan fingerprint density at radius 3 is 2.77 bits per heavy atom. The van der Waals surface area contributed by atoms with Crippen LogP contribution in [0, 0.1) is 11.3 Å². The Kier molecular flexibility index (Phi) is 3.32. The molecule has 0 fully saturated rings. The molecule has 0 aromatic heterocycles. The number of methoxy groups -OCH3 is 1. The van der Waals surface area contributed by atoms with E-state index in [0.29, 0.717) is 0 Å². The number of halogens is 1. The third-order valence-corrected chi connectivity index (χ3v) is 2.52. The van der Waals surface area contributed by atoms with Crippen LogP contribution in [-0.4, -0.2) is 7.11 Å². The molecule has 0 saturated carbocycles. The van der Waals surface area contributed by atoms with Gasteiger partial charge in [-0.2, -0.15) is 5.26 Å². The van der Waals surface area contributed by atoms with E-state index in [2.05, 4.69) is 22.0 Å². The molecule has 13 heavy (non-hydrogen) atoms. The summed E-state index contributed by atoms with van der Waals surface area (Å²) >= 11 is 3.35. The third-order valence-electron chi connectivity index (χ3n) is 1.87. The second-order valence-electron chi connectivity index (χ2n) is 2.74. The molecular weight excluding hydrogens is 230 g/mol. The fraction of sp³-hybridized carbons (Fsp3) is 0.300. The van der Waals surface area contributed by atoms with Gasteiger partial charge in [-0.25, -0.2) is 0 Å². The summed E-state index contributed by atoms with van der Waals surface area (Å²) in [7, 11) is 1.61. The van der Waals surface area contributed by atoms with Gasteiger partial charge in [-0.3, -0.25) is 0 Å². The number of benzene rings is 1. The minimum absolute atomic E-state index is 0.0954. The number of hydrogen-bond acceptors (Lipinski definition) is 2. The normalized spacial score (nSPS) is 11.8. The van der Waals surface area contributed by atoms with Gasteiger partial charge in [0.2, 0.25) is 0 Å². The Balaban J connectivity index is 3.08. The molecule has 0 amide bonds. The van der Waals surface area contributed by atoms with E-state index >= 15 is 0 Å². The highest BCUT2D eigenvalue weighted by atomic mass is 79.9. The van der Waals surface area contributed by atoms with Crippen molar-refractivity contribution in [1.82, 2.24) is 0 Å². The van der Waals surface area contributed by atoms with Gasteiger partial charge in [0.15, 0.2) is 0 Å². The predicted molar refractivity (Wildman–Crippen MR) is 54.7 cm³/mol. The zero-order valence-electron chi connectivity index (χ0n) is 7.54. The molecule has 0 heterocycles. The van der Waals surface area contributed by atoms with Crippen molar-refractivity contribution in [3.05, 3.63) is 28.2 Å². The number of nitrogens with zero attached hydrogens (tertiary/aromatic N) is 1. The maximum absolute atomic E-state index is 8.72. The SMILES string of the molecule is COc1cc(C(C)C#N)ccc1Br. The highest BCUT2D eigenvalue weighted by Crippen LogP contribution is 2.28. The van der Waals surface area contributed by atoms with Crippen LogP contribution in [0.15, 0.2) is 22.7 Å². The molecule has 0 aliphatic carbocycles. The van der Waals surface area contributed by atoms with Crippen LogP contribution >= 0.6 is 15.9 Å². The zero-order chi connectivity index (χ0) is 9.84. The first kappa shape index (κ1) is 10.1. The summed E-state index contributed by atoms with van der Waals surface area (Å²) in [4.78, 5) is 0. The molecule has 0 aliphatic rings. The van der Waals surface area contributed by atoms with Crippen LogP contribution in [0.1, 0.15) is 18.4 Å². The summed E-state index contributed by atoms with van der Waals surface area (Å²) in [6, 6.07) is 7.86. The van der Waals surface area contributed by atoms with Gasteiger partial charge in [-0.05, 0) is 40.5 Å². The van der Waals surface area contributed by atoms with Crippen molar-refractivity contribution in [2.75, 3.05) is 7.11 Å². The fourth-order valence-corrected chi connectivity index (χ4v) is 1.43. The lowest BCUT2D eigenvalue weighted by molar-refractivity contribution is 0.411. The lowest BCUT2D eigenvalue weighted by atomic mass is 10.0. The standard InChI is InChI=1S/C10H10BrNO/c1-7(6-12)8-3-4-9(11)10(5-8)13-2/h3-5,7H,1-2H3. The topological polar surface area (TPSA) is 33.0 Å². The van der Waals surface area contributed by atoms with E-state index in [1.807, 2.05) is 25.1 Å². The molecule has 0 aliphatic heterocycles. The van der Waals surface area contributed by atoms with Gasteiger partial charge in [0.05, 0.1) is 23.6 Å². The molecule has 68 valence electrons. The van der Waals surface area contributed by atoms with Crippen molar-refractivity contribution in [1.29, 1.82) is 5.26 Å². The van der Waals surface area contributed by atoms with Gasteiger partial charge < -0.3 is 4.74 Å². The van der Waals surface area contributed by atoms with Crippen LogP contribution in [0.4, 0.5) is 0 Å². The summed E-state index contributed by atoms with van der Waals surface area (Å²) in [5, 5.41) is 8.72. The fourth-order valence-electron chi connectivity index (χ4n) is 1.02. The van der Waals surface area contributed by atoms with E-state index in [-0.39, 0.29) is 5.92 Å². The Morgan fingerprint density at radius 2 is 2.23 bits per heavy atom. The van der Waals surface area contributed by atoms with Gasteiger partial charge in [0, 0.05) is 0 Å². The summed E-state index contributed by atoms with van der Waals surface area (Å²) in [5.74, 6) is 0.668. The number of nitriles is 1. The monoisotopic (exact) mass is 239 g/mol. The highest BCUT2D eigenvalue weighted by Gasteiger charge is 2.06. The molecule has 0 N–H and O–H groups in total. The molecule has 0 radical (unpaired) electrons. The number of hydrogen-bond donors (Lipinski definition) is 0. The molecule has 1 aromatic rings. The van der Waals surface area contributed by atoms with Crippen molar-refractivity contribution >= 4 is 15.9 Å². The van der Waals surface area contributed by atoms with Gasteiger partial charge >= 0.3 is 0 Å². The van der Waals surface area contributed by atoms with Crippen LogP contribution < -0.4 is 4.74 Å². The van der Waals surface area contributed by atoms with Crippen molar-refractivity contribution in [2.45, 2.75) is 12.8 Å². The highest BCUT2D eigenvalue weighted by molar-refractivity contribution is 9.10. The van der Waals surface area contributed by atoms with E-state index in [4.69, 9.17) is 10.00 Å². The summed E-state index contributed by atoms with van der Waals surface area (Å²) in [6.07, 6.45) is 0. The molecule has 1 rings (SSSR count). The van der Waals surface area contributed by atoms with Crippen LogP contribution in [0.5, 0.6) is 5.75 Å². The average Bonchev–Trinajstić information content (AvgIpc) is 2.17. The van der Waals surface area contributed by atoms with Crippen LogP contribution in [-0.2, 0) is 0 Å². The van der Waals surface area contributed by atoms with E-state index in [0.717, 1.165) is 15.8 Å². The van der Waals surface area contributed by atoms with Crippen LogP contribution in [0.2, 0.25) is 0 Å². The number of rotatable bonds is 2. The summed E-state index contributed by atoms with van der Waals surface area (Å²) in [5.41, 5.74) is 0.975. The van der Waals surface area contributed by atoms with Crippen molar-refractivity contribution < 1.29 is 4.74 Å². The van der Waals surface area contributed by atoms with Crippen LogP contribution in [0.3, 0.4) is 0 Å². The Hall–Kier alpha value is -1.01. The van der Waals surface area contributed by atoms with Crippen molar-refractivity contribution in [3.8, 4) is 11.8 Å². The van der Waals surface area contributed by atoms with E-state index in [1.165, 1.54) is 0 Å². The summed E-state index contributed by atoms with van der Waals surface area (Å²) in [6.45, 7) is 1.86. The summed E-state index contributed by atoms with van der Waals surface area (Å²) < 4.78 is 6.03. The smallest absolute Gasteiger partial charge is 0.133 e. The van der Waals surface area contributed by atoms with Crippen molar-refractivity contribution in [2.24, 2.45) is 0 Å². The second-order valence-corrected chi connectivity index (χ2v) is 3.60. The first-order valence-corrected chi connectivity index (χ1v) is 4.71. The molecule has 0 bridgehead atoms. The Labute approximate surface area is 86.3 Å². The maximum atomic E-state index is 8.72. The molecule has 1 atom stereocenters. The molecule has 2 nitrogen and oxygen atoms in total. The quantitative estimate of drug-likeness (QED) is 0.795. The first-order valence-electron chi connectivity index (χ1n) is 3.92. The Morgan fingerprint density at radius 1 is 1.54 bits per heavy atom. The molecule has 1 aromatic carbocycles. The van der Waals surface area contributed by atoms with Crippen molar-refractivity contribution in [3.63, 3.8) is 0 Å². The largest absolute Gasteiger partial charge is 0.496 e. The third kappa shape index (κ3) is 2.22. The molecule has 0 spiro atoms. The second kappa shape index (κ2) is 4.29. The van der Waals surface area contributed by atoms with Gasteiger partial charge in [-0.15, -0.1) is 0 Å². The van der Waals surface area contributed by atoms with E-state index in [9.17, 15) is 0 Å². The Bertz CT molecular complexity index is 343. The predicted octanol–water partition coefficient (Wildman–Crippen LogP) is 3.08. The minimum Gasteiger partial charge on any atom is -0.496 e. The van der Waals surface area contributed by atoms with E-state index in [1.54, 1.807) is 7.11 Å². The lowest BCUT2D eigenvalue weighted by Crippen LogP contribution is -1.91. The maximum Gasteiger partial charge on any atom is 0.133 e. The lowest BCUT2D eigenvalue weighted by Gasteiger charge is -2.07. The zero-order valence-corrected chi connectivity index (χ0v) is 9.13. The van der Waals surface area contributed by atoms with Gasteiger partial charge in [0.1, 0.15) is 5.75 Å². The van der Waals surface area contributed by atoms with Gasteiger partial charge in [-0.1, -0.05) is 6.07 Å². The molecule has 0 saturated heterocycles. The number of ether oxygens (including phenoxy) is 1.